The molecule has 0 aromatic heterocycles. The summed E-state index contributed by atoms with van der Waals surface area (Å²) < 4.78 is 77.6. The third-order valence-electron chi connectivity index (χ3n) is 1.45. The molecule has 0 fully saturated rings. The first-order valence-corrected chi connectivity index (χ1v) is 3.42. The van der Waals surface area contributed by atoms with E-state index in [1.807, 2.05) is 0 Å². The van der Waals surface area contributed by atoms with Gasteiger partial charge >= 0.3 is 17.8 Å². The first-order valence-electron chi connectivity index (χ1n) is 3.42. The molecule has 0 saturated carbocycles. The van der Waals surface area contributed by atoms with Crippen LogP contribution in [-0.2, 0) is 9.53 Å². The second-order valence-corrected chi connectivity index (χ2v) is 2.39. The van der Waals surface area contributed by atoms with E-state index in [1.54, 1.807) is 0 Å². The van der Waals surface area contributed by atoms with Crippen LogP contribution in [0.3, 0.4) is 0 Å². The van der Waals surface area contributed by atoms with Crippen LogP contribution in [0.4, 0.5) is 26.3 Å². The van der Waals surface area contributed by atoms with Gasteiger partial charge in [0.25, 0.3) is 0 Å². The lowest BCUT2D eigenvalue weighted by molar-refractivity contribution is -0.231. The minimum absolute atomic E-state index is 0.312. The molecule has 90 valence electrons. The SMILES string of the molecule is COC(=O)C(F)(/C(F)=C(/F)C#N)C(F)(F)F. The fraction of sp³-hybridized carbons (Fsp3) is 0.429. The maximum absolute atomic E-state index is 13.1. The quantitative estimate of drug-likeness (QED) is 0.426. The Morgan fingerprint density at radius 1 is 1.25 bits per heavy atom. The van der Waals surface area contributed by atoms with Crippen molar-refractivity contribution < 1.29 is 35.9 Å². The van der Waals surface area contributed by atoms with Crippen molar-refractivity contribution in [1.29, 1.82) is 5.26 Å². The Hall–Kier alpha value is -1.72. The minimum atomic E-state index is -6.08. The summed E-state index contributed by atoms with van der Waals surface area (Å²) >= 11 is 0. The van der Waals surface area contributed by atoms with Gasteiger partial charge in [0.1, 0.15) is 6.07 Å². The number of ether oxygens (including phenoxy) is 1. The predicted octanol–water partition coefficient (Wildman–Crippen LogP) is 2.10. The van der Waals surface area contributed by atoms with Crippen LogP contribution in [0.2, 0.25) is 0 Å². The van der Waals surface area contributed by atoms with Crippen LogP contribution in [0.1, 0.15) is 0 Å². The summed E-state index contributed by atoms with van der Waals surface area (Å²) in [5.41, 5.74) is -5.32. The van der Waals surface area contributed by atoms with Gasteiger partial charge in [0.2, 0.25) is 11.7 Å². The number of nitrogens with zero attached hydrogens (tertiary/aromatic N) is 1. The van der Waals surface area contributed by atoms with Gasteiger partial charge in [0.15, 0.2) is 0 Å². The van der Waals surface area contributed by atoms with Crippen LogP contribution in [0.25, 0.3) is 0 Å². The molecule has 0 saturated heterocycles. The molecule has 0 radical (unpaired) electrons. The van der Waals surface area contributed by atoms with E-state index in [1.165, 1.54) is 0 Å². The molecule has 1 unspecified atom stereocenters. The highest BCUT2D eigenvalue weighted by molar-refractivity contribution is 5.84. The van der Waals surface area contributed by atoms with E-state index in [2.05, 4.69) is 4.74 Å². The van der Waals surface area contributed by atoms with Crippen LogP contribution in [0.5, 0.6) is 0 Å². The lowest BCUT2D eigenvalue weighted by atomic mass is 10.0. The van der Waals surface area contributed by atoms with Gasteiger partial charge in [0, 0.05) is 0 Å². The molecule has 9 heteroatoms. The Morgan fingerprint density at radius 2 is 1.69 bits per heavy atom. The van der Waals surface area contributed by atoms with Crippen molar-refractivity contribution in [3.63, 3.8) is 0 Å². The molecule has 1 atom stereocenters. The number of halogens is 6. The van der Waals surface area contributed by atoms with Crippen molar-refractivity contribution >= 4 is 5.97 Å². The average molecular weight is 247 g/mol. The smallest absolute Gasteiger partial charge is 0.440 e. The Kier molecular flexibility index (Phi) is 3.95. The minimum Gasteiger partial charge on any atom is -0.466 e. The highest BCUT2D eigenvalue weighted by Gasteiger charge is 2.68. The number of alkyl halides is 4. The van der Waals surface area contributed by atoms with Crippen molar-refractivity contribution in [2.45, 2.75) is 11.8 Å². The van der Waals surface area contributed by atoms with Crippen LogP contribution >= 0.6 is 0 Å². The lowest BCUT2D eigenvalue weighted by Gasteiger charge is -2.22. The zero-order valence-electron chi connectivity index (χ0n) is 7.53. The van der Waals surface area contributed by atoms with Crippen molar-refractivity contribution in [1.82, 2.24) is 0 Å². The first kappa shape index (κ1) is 14.3. The number of nitriles is 1. The number of esters is 1. The number of methoxy groups -OCH3 is 1. The van der Waals surface area contributed by atoms with Crippen molar-refractivity contribution in [2.75, 3.05) is 7.11 Å². The van der Waals surface area contributed by atoms with E-state index in [9.17, 15) is 31.1 Å². The highest BCUT2D eigenvalue weighted by atomic mass is 19.4. The van der Waals surface area contributed by atoms with Gasteiger partial charge in [-0.25, -0.2) is 13.6 Å². The molecule has 0 heterocycles. The summed E-state index contributed by atoms with van der Waals surface area (Å²) in [6.07, 6.45) is -6.08. The van der Waals surface area contributed by atoms with Crippen molar-refractivity contribution in [3.05, 3.63) is 11.7 Å². The molecule has 16 heavy (non-hydrogen) atoms. The standard InChI is InChI=1S/C7H3F6NO2/c1-16-5(15)6(10,7(11,12)13)4(9)3(8)2-14/h1H3/b4-3-. The predicted molar refractivity (Wildman–Crippen MR) is 36.8 cm³/mol. The number of carbonyl (C=O) groups is 1. The molecule has 0 aliphatic heterocycles. The van der Waals surface area contributed by atoms with Crippen LogP contribution in [0, 0.1) is 11.3 Å². The van der Waals surface area contributed by atoms with Gasteiger partial charge < -0.3 is 4.74 Å². The molecule has 0 aliphatic rings. The van der Waals surface area contributed by atoms with Gasteiger partial charge in [-0.3, -0.25) is 0 Å². The fourth-order valence-electron chi connectivity index (χ4n) is 0.671. The molecular weight excluding hydrogens is 244 g/mol. The molecule has 0 aliphatic carbocycles. The van der Waals surface area contributed by atoms with E-state index < -0.39 is 29.5 Å². The molecular formula is C7H3F6NO2. The Bertz CT molecular complexity index is 368. The summed E-state index contributed by atoms with van der Waals surface area (Å²) in [6, 6.07) is 0.312. The van der Waals surface area contributed by atoms with Crippen molar-refractivity contribution in [3.8, 4) is 6.07 Å². The molecule has 0 rings (SSSR count). The fourth-order valence-corrected chi connectivity index (χ4v) is 0.671. The number of hydrogen-bond acceptors (Lipinski definition) is 3. The van der Waals surface area contributed by atoms with Gasteiger partial charge in [-0.1, -0.05) is 0 Å². The average Bonchev–Trinajstić information content (AvgIpc) is 2.22. The van der Waals surface area contributed by atoms with E-state index >= 15 is 0 Å². The van der Waals surface area contributed by atoms with Crippen molar-refractivity contribution in [2.24, 2.45) is 0 Å². The van der Waals surface area contributed by atoms with E-state index in [0.717, 1.165) is 0 Å². The molecule has 0 aromatic carbocycles. The topological polar surface area (TPSA) is 50.1 Å². The van der Waals surface area contributed by atoms with Gasteiger partial charge in [-0.15, -0.1) is 0 Å². The maximum Gasteiger partial charge on any atom is 0.440 e. The zero-order chi connectivity index (χ0) is 13.1. The second-order valence-electron chi connectivity index (χ2n) is 2.39. The lowest BCUT2D eigenvalue weighted by Crippen LogP contribution is -2.49. The summed E-state index contributed by atoms with van der Waals surface area (Å²) in [5, 5.41) is 7.78. The monoisotopic (exact) mass is 247 g/mol. The largest absolute Gasteiger partial charge is 0.466 e. The van der Waals surface area contributed by atoms with Crippen LogP contribution in [0.15, 0.2) is 11.7 Å². The van der Waals surface area contributed by atoms with Crippen LogP contribution in [-0.4, -0.2) is 24.9 Å². The van der Waals surface area contributed by atoms with Crippen LogP contribution < -0.4 is 0 Å². The maximum atomic E-state index is 13.1. The number of carbonyl (C=O) groups excluding carboxylic acids is 1. The molecule has 0 bridgehead atoms. The Balaban J connectivity index is 5.83. The van der Waals surface area contributed by atoms with E-state index in [-0.39, 0.29) is 0 Å². The molecule has 0 aromatic rings. The summed E-state index contributed by atoms with van der Waals surface area (Å²) in [7, 11) is 0.347. The molecule has 0 amide bonds. The Labute approximate surface area is 84.9 Å². The third-order valence-corrected chi connectivity index (χ3v) is 1.45. The third kappa shape index (κ3) is 2.10. The highest BCUT2D eigenvalue weighted by Crippen LogP contribution is 2.42. The molecule has 0 N–H and O–H groups in total. The number of allylic oxidation sites excluding steroid dienone is 1. The molecule has 0 spiro atoms. The van der Waals surface area contributed by atoms with E-state index in [4.69, 9.17) is 5.26 Å². The Morgan fingerprint density at radius 3 is 1.94 bits per heavy atom. The number of rotatable bonds is 2. The summed E-state index contributed by atoms with van der Waals surface area (Å²) in [4.78, 5) is 10.5. The first-order chi connectivity index (χ1) is 7.12. The molecule has 3 nitrogen and oxygen atoms in total. The van der Waals surface area contributed by atoms with Gasteiger partial charge in [-0.05, 0) is 0 Å². The zero-order valence-corrected chi connectivity index (χ0v) is 7.53. The second kappa shape index (κ2) is 4.42. The normalized spacial score (nSPS) is 16.9. The van der Waals surface area contributed by atoms with E-state index in [0.29, 0.717) is 13.2 Å². The van der Waals surface area contributed by atoms with Gasteiger partial charge in [-0.2, -0.15) is 22.8 Å². The van der Waals surface area contributed by atoms with Gasteiger partial charge in [0.05, 0.1) is 7.11 Å². The number of hydrogen-bond donors (Lipinski definition) is 0. The summed E-state index contributed by atoms with van der Waals surface area (Å²) in [6.45, 7) is 0. The summed E-state index contributed by atoms with van der Waals surface area (Å²) in [5.74, 6) is -8.58.